The molecule has 86 valence electrons. The largest absolute Gasteiger partial charge is 0.342 e. The summed E-state index contributed by atoms with van der Waals surface area (Å²) < 4.78 is 25.4. The number of likely N-dealkylation sites (tertiary alicyclic amines) is 1. The van der Waals surface area contributed by atoms with Crippen LogP contribution >= 0.6 is 0 Å². The van der Waals surface area contributed by atoms with Crippen LogP contribution in [-0.4, -0.2) is 29.8 Å². The molecule has 1 heterocycles. The molecule has 0 N–H and O–H groups in total. The average Bonchev–Trinajstić information content (AvgIpc) is 2.65. The van der Waals surface area contributed by atoms with Gasteiger partial charge >= 0.3 is 0 Å². The van der Waals surface area contributed by atoms with Gasteiger partial charge in [-0.2, -0.15) is 0 Å². The SMILES string of the molecule is CC(C)[C@@H]1CCN(C(=O)C2CC2(F)F)C1. The van der Waals surface area contributed by atoms with Gasteiger partial charge in [0, 0.05) is 19.5 Å². The number of rotatable bonds is 2. The maximum Gasteiger partial charge on any atom is 0.260 e. The first kappa shape index (κ1) is 10.8. The number of carbonyl (C=O) groups excluding carboxylic acids is 1. The zero-order chi connectivity index (χ0) is 11.2. The topological polar surface area (TPSA) is 20.3 Å². The Labute approximate surface area is 88.6 Å². The van der Waals surface area contributed by atoms with Gasteiger partial charge in [-0.05, 0) is 18.3 Å². The summed E-state index contributed by atoms with van der Waals surface area (Å²) in [4.78, 5) is 13.3. The molecular weight excluding hydrogens is 200 g/mol. The predicted molar refractivity (Wildman–Crippen MR) is 52.6 cm³/mol. The lowest BCUT2D eigenvalue weighted by Crippen LogP contribution is -2.32. The summed E-state index contributed by atoms with van der Waals surface area (Å²) in [5.74, 6) is -3.04. The van der Waals surface area contributed by atoms with E-state index in [4.69, 9.17) is 0 Å². The Morgan fingerprint density at radius 1 is 1.47 bits per heavy atom. The van der Waals surface area contributed by atoms with Gasteiger partial charge in [-0.15, -0.1) is 0 Å². The molecule has 1 saturated carbocycles. The van der Waals surface area contributed by atoms with E-state index in [1.807, 2.05) is 0 Å². The summed E-state index contributed by atoms with van der Waals surface area (Å²) in [7, 11) is 0. The molecule has 2 atom stereocenters. The van der Waals surface area contributed by atoms with E-state index in [2.05, 4.69) is 13.8 Å². The minimum atomic E-state index is -2.72. The maximum atomic E-state index is 12.7. The Balaban J connectivity index is 1.89. The Morgan fingerprint density at radius 2 is 2.07 bits per heavy atom. The van der Waals surface area contributed by atoms with E-state index >= 15 is 0 Å². The molecule has 0 spiro atoms. The highest BCUT2D eigenvalue weighted by Gasteiger charge is 2.62. The van der Waals surface area contributed by atoms with Crippen LogP contribution in [0.2, 0.25) is 0 Å². The molecule has 0 aromatic carbocycles. The van der Waals surface area contributed by atoms with Crippen LogP contribution < -0.4 is 0 Å². The highest BCUT2D eigenvalue weighted by molar-refractivity contribution is 5.83. The molecule has 4 heteroatoms. The van der Waals surface area contributed by atoms with E-state index in [-0.39, 0.29) is 12.3 Å². The van der Waals surface area contributed by atoms with Crippen molar-refractivity contribution in [3.63, 3.8) is 0 Å². The second-order valence-corrected chi connectivity index (χ2v) is 5.09. The Morgan fingerprint density at radius 3 is 2.47 bits per heavy atom. The van der Waals surface area contributed by atoms with Gasteiger partial charge in [-0.25, -0.2) is 8.78 Å². The molecule has 0 aromatic rings. The van der Waals surface area contributed by atoms with Crippen LogP contribution in [0, 0.1) is 17.8 Å². The van der Waals surface area contributed by atoms with Gasteiger partial charge in [0.25, 0.3) is 5.92 Å². The van der Waals surface area contributed by atoms with Crippen LogP contribution in [0.4, 0.5) is 8.78 Å². The molecule has 2 nitrogen and oxygen atoms in total. The molecule has 1 unspecified atom stereocenters. The molecule has 1 amide bonds. The van der Waals surface area contributed by atoms with Gasteiger partial charge in [0.05, 0.1) is 0 Å². The molecular formula is C11H17F2NO. The van der Waals surface area contributed by atoms with E-state index < -0.39 is 11.8 Å². The smallest absolute Gasteiger partial charge is 0.260 e. The van der Waals surface area contributed by atoms with Crippen molar-refractivity contribution in [1.82, 2.24) is 4.90 Å². The molecule has 1 saturated heterocycles. The number of carbonyl (C=O) groups is 1. The number of hydrogen-bond donors (Lipinski definition) is 0. The first-order valence-corrected chi connectivity index (χ1v) is 5.58. The summed E-state index contributed by atoms with van der Waals surface area (Å²) in [5.41, 5.74) is 0. The number of hydrogen-bond acceptors (Lipinski definition) is 1. The molecule has 1 aliphatic carbocycles. The lowest BCUT2D eigenvalue weighted by molar-refractivity contribution is -0.133. The molecule has 0 radical (unpaired) electrons. The summed E-state index contributed by atoms with van der Waals surface area (Å²) in [6.45, 7) is 5.56. The molecule has 0 aromatic heterocycles. The standard InChI is InChI=1S/C11H17F2NO/c1-7(2)8-3-4-14(6-8)10(15)9-5-11(9,12)13/h7-9H,3-6H2,1-2H3/t8-,9?/m1/s1. The van der Waals surface area contributed by atoms with Gasteiger partial charge in [-0.1, -0.05) is 13.8 Å². The number of alkyl halides is 2. The maximum absolute atomic E-state index is 12.7. The number of amides is 1. The number of nitrogens with zero attached hydrogens (tertiary/aromatic N) is 1. The number of halogens is 2. The molecule has 1 aliphatic heterocycles. The fourth-order valence-corrected chi connectivity index (χ4v) is 2.23. The third kappa shape index (κ3) is 1.99. The van der Waals surface area contributed by atoms with Crippen molar-refractivity contribution in [3.05, 3.63) is 0 Å². The van der Waals surface area contributed by atoms with E-state index in [1.54, 1.807) is 4.90 Å². The Bertz CT molecular complexity index is 278. The van der Waals surface area contributed by atoms with Crippen molar-refractivity contribution < 1.29 is 13.6 Å². The second kappa shape index (κ2) is 3.42. The fraction of sp³-hybridized carbons (Fsp3) is 0.909. The summed E-state index contributed by atoms with van der Waals surface area (Å²) in [6, 6.07) is 0. The first-order valence-electron chi connectivity index (χ1n) is 5.58. The minimum Gasteiger partial charge on any atom is -0.342 e. The van der Waals surface area contributed by atoms with Crippen LogP contribution in [0.25, 0.3) is 0 Å². The third-order valence-corrected chi connectivity index (χ3v) is 3.60. The van der Waals surface area contributed by atoms with Crippen LogP contribution in [0.5, 0.6) is 0 Å². The van der Waals surface area contributed by atoms with Crippen LogP contribution in [0.1, 0.15) is 26.7 Å². The summed E-state index contributed by atoms with van der Waals surface area (Å²) >= 11 is 0. The molecule has 0 bridgehead atoms. The summed E-state index contributed by atoms with van der Waals surface area (Å²) in [5, 5.41) is 0. The first-order chi connectivity index (χ1) is 6.92. The average molecular weight is 217 g/mol. The molecule has 2 fully saturated rings. The van der Waals surface area contributed by atoms with Crippen LogP contribution in [-0.2, 0) is 4.79 Å². The highest BCUT2D eigenvalue weighted by atomic mass is 19.3. The van der Waals surface area contributed by atoms with Gasteiger partial charge < -0.3 is 4.90 Å². The van der Waals surface area contributed by atoms with Gasteiger partial charge in [0.1, 0.15) is 5.92 Å². The third-order valence-electron chi connectivity index (χ3n) is 3.60. The van der Waals surface area contributed by atoms with E-state index in [0.29, 0.717) is 24.9 Å². The predicted octanol–water partition coefficient (Wildman–Crippen LogP) is 2.15. The highest BCUT2D eigenvalue weighted by Crippen LogP contribution is 2.50. The van der Waals surface area contributed by atoms with E-state index in [9.17, 15) is 13.6 Å². The van der Waals surface area contributed by atoms with Crippen molar-refractivity contribution in [2.45, 2.75) is 32.6 Å². The Kier molecular flexibility index (Phi) is 2.47. The Hall–Kier alpha value is -0.670. The van der Waals surface area contributed by atoms with Crippen molar-refractivity contribution in [2.24, 2.45) is 17.8 Å². The molecule has 2 aliphatic rings. The van der Waals surface area contributed by atoms with Crippen molar-refractivity contribution >= 4 is 5.91 Å². The lowest BCUT2D eigenvalue weighted by atomic mass is 9.95. The second-order valence-electron chi connectivity index (χ2n) is 5.09. The zero-order valence-corrected chi connectivity index (χ0v) is 9.17. The minimum absolute atomic E-state index is 0.241. The van der Waals surface area contributed by atoms with Gasteiger partial charge in [0.2, 0.25) is 5.91 Å². The van der Waals surface area contributed by atoms with E-state index in [0.717, 1.165) is 6.42 Å². The van der Waals surface area contributed by atoms with Gasteiger partial charge in [0.15, 0.2) is 0 Å². The van der Waals surface area contributed by atoms with E-state index in [1.165, 1.54) is 0 Å². The van der Waals surface area contributed by atoms with Crippen molar-refractivity contribution in [2.75, 3.05) is 13.1 Å². The normalized spacial score (nSPS) is 33.5. The van der Waals surface area contributed by atoms with Crippen LogP contribution in [0.15, 0.2) is 0 Å². The lowest BCUT2D eigenvalue weighted by Gasteiger charge is -2.17. The van der Waals surface area contributed by atoms with Crippen LogP contribution in [0.3, 0.4) is 0 Å². The monoisotopic (exact) mass is 217 g/mol. The van der Waals surface area contributed by atoms with Gasteiger partial charge in [-0.3, -0.25) is 4.79 Å². The van der Waals surface area contributed by atoms with Crippen molar-refractivity contribution in [1.29, 1.82) is 0 Å². The quantitative estimate of drug-likeness (QED) is 0.694. The molecule has 15 heavy (non-hydrogen) atoms. The molecule has 2 rings (SSSR count). The fourth-order valence-electron chi connectivity index (χ4n) is 2.23. The van der Waals surface area contributed by atoms with Crippen molar-refractivity contribution in [3.8, 4) is 0 Å². The zero-order valence-electron chi connectivity index (χ0n) is 9.17. The summed E-state index contributed by atoms with van der Waals surface area (Å²) in [6.07, 6.45) is 0.719.